The van der Waals surface area contributed by atoms with Gasteiger partial charge in [-0.2, -0.15) is 0 Å². The Morgan fingerprint density at radius 1 is 1.23 bits per heavy atom. The number of hydrogen-bond acceptors (Lipinski definition) is 1. The summed E-state index contributed by atoms with van der Waals surface area (Å²) >= 11 is 6.30. The smallest absolute Gasteiger partial charge is 0.317 e. The highest BCUT2D eigenvalue weighted by Gasteiger charge is 2.31. The van der Waals surface area contributed by atoms with Crippen molar-refractivity contribution in [3.05, 3.63) is 64.7 Å². The number of halogens is 1. The summed E-state index contributed by atoms with van der Waals surface area (Å²) in [5.74, 6) is 0. The van der Waals surface area contributed by atoms with E-state index in [1.165, 1.54) is 0 Å². The van der Waals surface area contributed by atoms with E-state index in [2.05, 4.69) is 5.32 Å². The zero-order valence-corrected chi connectivity index (χ0v) is 13.3. The molecule has 1 unspecified atom stereocenters. The lowest BCUT2D eigenvalue weighted by Gasteiger charge is -2.26. The van der Waals surface area contributed by atoms with Gasteiger partial charge in [-0.25, -0.2) is 4.79 Å². The number of nitrogens with zero attached hydrogens (tertiary/aromatic N) is 1. The maximum atomic E-state index is 12.6. The lowest BCUT2D eigenvalue weighted by Crippen LogP contribution is -2.34. The van der Waals surface area contributed by atoms with E-state index in [1.807, 2.05) is 60.4 Å². The van der Waals surface area contributed by atoms with E-state index < -0.39 is 0 Å². The Labute approximate surface area is 135 Å². The highest BCUT2D eigenvalue weighted by molar-refractivity contribution is 6.31. The molecule has 2 amide bonds. The minimum Gasteiger partial charge on any atom is -0.317 e. The van der Waals surface area contributed by atoms with Crippen LogP contribution in [0.1, 0.15) is 30.0 Å². The van der Waals surface area contributed by atoms with Gasteiger partial charge in [0.1, 0.15) is 0 Å². The second-order valence-corrected chi connectivity index (χ2v) is 6.08. The molecule has 1 saturated heterocycles. The molecule has 0 radical (unpaired) electrons. The number of anilines is 1. The average Bonchev–Trinajstić information content (AvgIpc) is 2.97. The van der Waals surface area contributed by atoms with Crippen molar-refractivity contribution < 1.29 is 4.79 Å². The molecule has 1 atom stereocenters. The van der Waals surface area contributed by atoms with E-state index in [-0.39, 0.29) is 12.1 Å². The number of hydrogen-bond donors (Lipinski definition) is 1. The van der Waals surface area contributed by atoms with Crippen molar-refractivity contribution in [1.82, 2.24) is 4.90 Å². The molecule has 1 aliphatic rings. The maximum Gasteiger partial charge on any atom is 0.322 e. The minimum absolute atomic E-state index is 0.0542. The molecule has 0 spiro atoms. The van der Waals surface area contributed by atoms with E-state index in [1.54, 1.807) is 0 Å². The van der Waals surface area contributed by atoms with Gasteiger partial charge in [-0.05, 0) is 49.1 Å². The van der Waals surface area contributed by atoms with Crippen LogP contribution in [0, 0.1) is 6.92 Å². The van der Waals surface area contributed by atoms with Crippen molar-refractivity contribution >= 4 is 23.3 Å². The SMILES string of the molecule is Cc1cccc(NC(=O)N2CCCC2c2ccccc2Cl)c1. The van der Waals surface area contributed by atoms with Crippen LogP contribution in [0.2, 0.25) is 5.02 Å². The third-order valence-corrected chi connectivity index (χ3v) is 4.39. The van der Waals surface area contributed by atoms with Crippen molar-refractivity contribution in [2.75, 3.05) is 11.9 Å². The zero-order valence-electron chi connectivity index (χ0n) is 12.6. The van der Waals surface area contributed by atoms with Crippen LogP contribution in [0.3, 0.4) is 0 Å². The molecule has 2 aromatic rings. The first-order chi connectivity index (χ1) is 10.6. The van der Waals surface area contributed by atoms with Crippen LogP contribution in [-0.4, -0.2) is 17.5 Å². The second-order valence-electron chi connectivity index (χ2n) is 5.67. The highest BCUT2D eigenvalue weighted by atomic mass is 35.5. The monoisotopic (exact) mass is 314 g/mol. The second kappa shape index (κ2) is 6.41. The Morgan fingerprint density at radius 3 is 2.82 bits per heavy atom. The number of carbonyl (C=O) groups excluding carboxylic acids is 1. The third-order valence-electron chi connectivity index (χ3n) is 4.05. The summed E-state index contributed by atoms with van der Waals surface area (Å²) in [7, 11) is 0. The van der Waals surface area contributed by atoms with Crippen molar-refractivity contribution in [3.63, 3.8) is 0 Å². The van der Waals surface area contributed by atoms with Gasteiger partial charge in [0.25, 0.3) is 0 Å². The van der Waals surface area contributed by atoms with Gasteiger partial charge in [-0.15, -0.1) is 0 Å². The van der Waals surface area contributed by atoms with Crippen LogP contribution in [0.5, 0.6) is 0 Å². The van der Waals surface area contributed by atoms with Gasteiger partial charge < -0.3 is 10.2 Å². The molecule has 1 fully saturated rings. The predicted molar refractivity (Wildman–Crippen MR) is 90.3 cm³/mol. The number of urea groups is 1. The number of nitrogens with one attached hydrogen (secondary N) is 1. The van der Waals surface area contributed by atoms with Gasteiger partial charge in [-0.1, -0.05) is 41.9 Å². The Bertz CT molecular complexity index is 686. The first kappa shape index (κ1) is 14.9. The summed E-state index contributed by atoms with van der Waals surface area (Å²) in [6.07, 6.45) is 1.95. The fourth-order valence-corrected chi connectivity index (χ4v) is 3.26. The Kier molecular flexibility index (Phi) is 4.34. The van der Waals surface area contributed by atoms with E-state index >= 15 is 0 Å². The molecule has 3 rings (SSSR count). The summed E-state index contributed by atoms with van der Waals surface area (Å²) in [6.45, 7) is 2.77. The summed E-state index contributed by atoms with van der Waals surface area (Å²) in [6, 6.07) is 15.6. The number of carbonyl (C=O) groups is 1. The Balaban J connectivity index is 1.78. The number of aryl methyl sites for hydroxylation is 1. The quantitative estimate of drug-likeness (QED) is 0.829. The number of benzene rings is 2. The largest absolute Gasteiger partial charge is 0.322 e. The lowest BCUT2D eigenvalue weighted by atomic mass is 10.0. The van der Waals surface area contributed by atoms with Crippen LogP contribution >= 0.6 is 11.6 Å². The van der Waals surface area contributed by atoms with E-state index in [4.69, 9.17) is 11.6 Å². The fourth-order valence-electron chi connectivity index (χ4n) is 3.00. The van der Waals surface area contributed by atoms with Gasteiger partial charge in [0.15, 0.2) is 0 Å². The molecular weight excluding hydrogens is 296 g/mol. The summed E-state index contributed by atoms with van der Waals surface area (Å²) in [4.78, 5) is 14.5. The Morgan fingerprint density at radius 2 is 2.05 bits per heavy atom. The molecule has 0 aliphatic carbocycles. The van der Waals surface area contributed by atoms with E-state index in [0.29, 0.717) is 0 Å². The molecule has 114 valence electrons. The number of amides is 2. The van der Waals surface area contributed by atoms with Crippen LogP contribution in [0.4, 0.5) is 10.5 Å². The minimum atomic E-state index is -0.0620. The average molecular weight is 315 g/mol. The molecule has 1 aliphatic heterocycles. The standard InChI is InChI=1S/C18H19ClN2O/c1-13-6-4-7-14(12-13)20-18(22)21-11-5-10-17(21)15-8-2-3-9-16(15)19/h2-4,6-9,12,17H,5,10-11H2,1H3,(H,20,22). The zero-order chi connectivity index (χ0) is 15.5. The molecule has 0 saturated carbocycles. The van der Waals surface area contributed by atoms with E-state index in [0.717, 1.165) is 41.2 Å². The Hall–Kier alpha value is -2.00. The third kappa shape index (κ3) is 3.09. The van der Waals surface area contributed by atoms with Gasteiger partial charge in [0, 0.05) is 17.3 Å². The maximum absolute atomic E-state index is 12.6. The van der Waals surface area contributed by atoms with Crippen molar-refractivity contribution in [3.8, 4) is 0 Å². The van der Waals surface area contributed by atoms with Crippen molar-refractivity contribution in [2.24, 2.45) is 0 Å². The topological polar surface area (TPSA) is 32.3 Å². The van der Waals surface area contributed by atoms with Crippen molar-refractivity contribution in [2.45, 2.75) is 25.8 Å². The molecule has 4 heteroatoms. The van der Waals surface area contributed by atoms with Gasteiger partial charge >= 0.3 is 6.03 Å². The van der Waals surface area contributed by atoms with E-state index in [9.17, 15) is 4.79 Å². The molecule has 1 N–H and O–H groups in total. The van der Waals surface area contributed by atoms with Gasteiger partial charge in [-0.3, -0.25) is 0 Å². The fraction of sp³-hybridized carbons (Fsp3) is 0.278. The molecular formula is C18H19ClN2O. The van der Waals surface area contributed by atoms with Crippen LogP contribution in [-0.2, 0) is 0 Å². The number of likely N-dealkylation sites (tertiary alicyclic amines) is 1. The molecule has 1 heterocycles. The lowest BCUT2D eigenvalue weighted by molar-refractivity contribution is 0.207. The molecule has 22 heavy (non-hydrogen) atoms. The summed E-state index contributed by atoms with van der Waals surface area (Å²) < 4.78 is 0. The molecule has 3 nitrogen and oxygen atoms in total. The van der Waals surface area contributed by atoms with Crippen LogP contribution in [0.25, 0.3) is 0 Å². The highest BCUT2D eigenvalue weighted by Crippen LogP contribution is 2.35. The molecule has 2 aromatic carbocycles. The first-order valence-corrected chi connectivity index (χ1v) is 7.91. The summed E-state index contributed by atoms with van der Waals surface area (Å²) in [5.41, 5.74) is 2.98. The summed E-state index contributed by atoms with van der Waals surface area (Å²) in [5, 5.41) is 3.71. The van der Waals surface area contributed by atoms with Crippen molar-refractivity contribution in [1.29, 1.82) is 0 Å². The predicted octanol–water partition coefficient (Wildman–Crippen LogP) is 5.02. The van der Waals surface area contributed by atoms with Gasteiger partial charge in [0.2, 0.25) is 0 Å². The molecule has 0 bridgehead atoms. The normalized spacial score (nSPS) is 17.5. The van der Waals surface area contributed by atoms with Crippen LogP contribution < -0.4 is 5.32 Å². The van der Waals surface area contributed by atoms with Gasteiger partial charge in [0.05, 0.1) is 6.04 Å². The first-order valence-electron chi connectivity index (χ1n) is 7.54. The number of rotatable bonds is 2. The van der Waals surface area contributed by atoms with Crippen LogP contribution in [0.15, 0.2) is 48.5 Å². The molecule has 0 aromatic heterocycles.